The quantitative estimate of drug-likeness (QED) is 0.227. The van der Waals surface area contributed by atoms with Gasteiger partial charge >= 0.3 is 11.9 Å². The number of ether oxygens (including phenoxy) is 2. The number of rotatable bonds is 3. The summed E-state index contributed by atoms with van der Waals surface area (Å²) in [5.41, 5.74) is 7.53. The fraction of sp³-hybridized carbons (Fsp3) is 0.111. The first-order valence-electron chi connectivity index (χ1n) is 7.30. The van der Waals surface area contributed by atoms with E-state index in [1.807, 2.05) is 0 Å². The number of methoxy groups -OCH3 is 2. The maximum Gasteiger partial charge on any atom is 0.337 e. The summed E-state index contributed by atoms with van der Waals surface area (Å²) in [6.45, 7) is 0. The van der Waals surface area contributed by atoms with Crippen molar-refractivity contribution in [2.24, 2.45) is 4.99 Å². The van der Waals surface area contributed by atoms with Crippen LogP contribution in [0.15, 0.2) is 53.5 Å². The number of carbonyl (C=O) groups is 2. The lowest BCUT2D eigenvalue weighted by molar-refractivity contribution is 0.0592. The molecule has 0 unspecified atom stereocenters. The van der Waals surface area contributed by atoms with Crippen molar-refractivity contribution in [1.82, 2.24) is 0 Å². The minimum Gasteiger partial charge on any atom is -0.465 e. The molecule has 0 amide bonds. The molecular weight excluding hydrogens is 443 g/mol. The molecule has 0 saturated carbocycles. The number of carbonyl (C=O) groups excluding carboxylic acids is 2. The van der Waals surface area contributed by atoms with Gasteiger partial charge in [-0.1, -0.05) is 47.6 Å². The topological polar surface area (TPSA) is 91.0 Å². The molecule has 2 N–H and O–H groups in total. The Morgan fingerprint density at radius 1 is 1.00 bits per heavy atom. The smallest absolute Gasteiger partial charge is 0.337 e. The van der Waals surface area contributed by atoms with E-state index in [-0.39, 0.29) is 15.7 Å². The molecule has 0 aliphatic rings. The van der Waals surface area contributed by atoms with Gasteiger partial charge in [0.2, 0.25) is 0 Å². The predicted molar refractivity (Wildman–Crippen MR) is 119 cm³/mol. The average Bonchev–Trinajstić information content (AvgIpc) is 2.67. The van der Waals surface area contributed by atoms with Crippen LogP contribution in [0.1, 0.15) is 20.7 Å². The number of nitrogens with zero attached hydrogens (tertiary/aromatic N) is 1. The number of isothiocyanates is 1. The van der Waals surface area contributed by atoms with Crippen LogP contribution in [0.2, 0.25) is 0 Å². The Morgan fingerprint density at radius 2 is 1.46 bits per heavy atom. The molecule has 6 nitrogen and oxygen atoms in total. The number of halogens is 2. The van der Waals surface area contributed by atoms with Gasteiger partial charge in [-0.25, -0.2) is 9.59 Å². The number of esters is 2. The highest BCUT2D eigenvalue weighted by Crippen LogP contribution is 2.13. The third kappa shape index (κ3) is 11.4. The van der Waals surface area contributed by atoms with Gasteiger partial charge < -0.3 is 15.2 Å². The van der Waals surface area contributed by atoms with Gasteiger partial charge in [-0.05, 0) is 48.6 Å². The van der Waals surface area contributed by atoms with Crippen LogP contribution in [0.3, 0.4) is 0 Å². The number of nitrogen functional groups attached to an aromatic ring is 1. The molecule has 0 radical (unpaired) electrons. The summed E-state index contributed by atoms with van der Waals surface area (Å²) in [5.74, 6) is -0.751. The van der Waals surface area contributed by atoms with Crippen molar-refractivity contribution >= 4 is 79.9 Å². The molecule has 0 atom stereocenters. The van der Waals surface area contributed by atoms with Crippen LogP contribution in [-0.4, -0.2) is 35.1 Å². The molecule has 0 saturated heterocycles. The average molecular weight is 459 g/mol. The summed E-state index contributed by atoms with van der Waals surface area (Å²) in [6, 6.07) is 13.3. The minimum absolute atomic E-state index is 0.0556. The largest absolute Gasteiger partial charge is 0.465 e. The zero-order chi connectivity index (χ0) is 21.5. The summed E-state index contributed by atoms with van der Waals surface area (Å²) in [7, 11) is 2.67. The minimum atomic E-state index is -0.388. The highest BCUT2D eigenvalue weighted by Gasteiger charge is 2.04. The van der Waals surface area contributed by atoms with Gasteiger partial charge in [0.15, 0.2) is 3.78 Å². The van der Waals surface area contributed by atoms with Gasteiger partial charge in [-0.2, -0.15) is 4.99 Å². The van der Waals surface area contributed by atoms with E-state index in [0.29, 0.717) is 22.5 Å². The normalized spacial score (nSPS) is 8.57. The van der Waals surface area contributed by atoms with Crippen LogP contribution >= 0.6 is 47.6 Å². The van der Waals surface area contributed by atoms with Crippen LogP contribution < -0.4 is 5.73 Å². The van der Waals surface area contributed by atoms with Gasteiger partial charge in [-0.15, -0.1) is 0 Å². The second kappa shape index (κ2) is 14.7. The number of anilines is 1. The Bertz CT molecular complexity index is 868. The summed E-state index contributed by atoms with van der Waals surface area (Å²) in [4.78, 5) is 25.7. The van der Waals surface area contributed by atoms with Crippen LogP contribution in [-0.2, 0) is 9.47 Å². The predicted octanol–water partition coefficient (Wildman–Crippen LogP) is 5.01. The molecule has 0 heterocycles. The zero-order valence-electron chi connectivity index (χ0n) is 14.8. The zero-order valence-corrected chi connectivity index (χ0v) is 18.0. The molecule has 28 heavy (non-hydrogen) atoms. The van der Waals surface area contributed by atoms with Crippen molar-refractivity contribution in [3.63, 3.8) is 0 Å². The van der Waals surface area contributed by atoms with E-state index in [0.717, 1.165) is 0 Å². The first-order chi connectivity index (χ1) is 13.2. The first-order valence-corrected chi connectivity index (χ1v) is 8.87. The van der Waals surface area contributed by atoms with Crippen molar-refractivity contribution in [3.05, 3.63) is 59.7 Å². The highest BCUT2D eigenvalue weighted by atomic mass is 35.5. The number of hydrogen-bond acceptors (Lipinski definition) is 8. The molecule has 0 aromatic heterocycles. The van der Waals surface area contributed by atoms with E-state index in [9.17, 15) is 9.59 Å². The molecule has 0 bridgehead atoms. The molecule has 2 aromatic carbocycles. The molecular formula is C18H16Cl2N2O4S2. The molecule has 0 aliphatic carbocycles. The third-order valence-corrected chi connectivity index (χ3v) is 2.84. The second-order valence-electron chi connectivity index (χ2n) is 4.59. The Morgan fingerprint density at radius 3 is 1.89 bits per heavy atom. The van der Waals surface area contributed by atoms with E-state index in [1.54, 1.807) is 48.5 Å². The van der Waals surface area contributed by atoms with Crippen LogP contribution in [0.5, 0.6) is 0 Å². The summed E-state index contributed by atoms with van der Waals surface area (Å²) < 4.78 is 8.98. The maximum absolute atomic E-state index is 11.1. The summed E-state index contributed by atoms with van der Waals surface area (Å²) in [6.07, 6.45) is 0. The molecule has 2 rings (SSSR count). The Balaban J connectivity index is 0.000000442. The lowest BCUT2D eigenvalue weighted by atomic mass is 10.2. The Labute approximate surface area is 183 Å². The molecule has 148 valence electrons. The van der Waals surface area contributed by atoms with Gasteiger partial charge in [0.25, 0.3) is 0 Å². The molecule has 0 aliphatic heterocycles. The van der Waals surface area contributed by atoms with Gasteiger partial charge in [0, 0.05) is 5.69 Å². The number of benzene rings is 2. The second-order valence-corrected chi connectivity index (χ2v) is 6.58. The number of nitrogens with two attached hydrogens (primary N) is 1. The lowest BCUT2D eigenvalue weighted by Gasteiger charge is -1.98. The lowest BCUT2D eigenvalue weighted by Crippen LogP contribution is -2.01. The van der Waals surface area contributed by atoms with Gasteiger partial charge in [0.1, 0.15) is 0 Å². The number of hydrogen-bond donors (Lipinski definition) is 1. The van der Waals surface area contributed by atoms with Crippen molar-refractivity contribution in [1.29, 1.82) is 0 Å². The van der Waals surface area contributed by atoms with Gasteiger partial charge in [-0.3, -0.25) is 0 Å². The third-order valence-electron chi connectivity index (χ3n) is 2.75. The molecule has 2 aromatic rings. The van der Waals surface area contributed by atoms with Crippen LogP contribution in [0.4, 0.5) is 11.4 Å². The van der Waals surface area contributed by atoms with E-state index < -0.39 is 0 Å². The number of aliphatic imine (C=N–C) groups is 1. The van der Waals surface area contributed by atoms with Crippen LogP contribution in [0.25, 0.3) is 0 Å². The van der Waals surface area contributed by atoms with E-state index in [4.69, 9.17) is 28.9 Å². The highest BCUT2D eigenvalue weighted by molar-refractivity contribution is 7.86. The van der Waals surface area contributed by atoms with E-state index in [1.165, 1.54) is 14.2 Å². The SMILES string of the molecule is COC(=O)c1cccc(N)c1.COC(=O)c1cccc(N=C=S)c1.S=C(Cl)Cl. The van der Waals surface area contributed by atoms with Crippen LogP contribution in [0, 0.1) is 0 Å². The molecule has 10 heteroatoms. The summed E-state index contributed by atoms with van der Waals surface area (Å²) in [5, 5.41) is 2.22. The monoisotopic (exact) mass is 458 g/mol. The van der Waals surface area contributed by atoms with Crippen molar-refractivity contribution < 1.29 is 19.1 Å². The Hall–Kier alpha value is -2.35. The van der Waals surface area contributed by atoms with Crippen molar-refractivity contribution in [2.45, 2.75) is 0 Å². The van der Waals surface area contributed by atoms with Crippen molar-refractivity contribution in [3.8, 4) is 0 Å². The van der Waals surface area contributed by atoms with Gasteiger partial charge in [0.05, 0.1) is 36.2 Å². The Kier molecular flexibility index (Phi) is 13.4. The molecule has 0 fully saturated rings. The van der Waals surface area contributed by atoms with E-state index >= 15 is 0 Å². The van der Waals surface area contributed by atoms with Crippen molar-refractivity contribution in [2.75, 3.05) is 20.0 Å². The summed E-state index contributed by atoms with van der Waals surface area (Å²) >= 11 is 18.0. The standard InChI is InChI=1S/C9H7NO2S.C8H9NO2.CCl2S/c1-12-9(11)7-3-2-4-8(5-7)10-6-13;1-11-8(10)6-3-2-4-7(9)5-6;2-1(3)4/h2-5H,1H3;2-5H,9H2,1H3;. The first kappa shape index (κ1) is 25.6. The fourth-order valence-electron chi connectivity index (χ4n) is 1.66. The maximum atomic E-state index is 11.1. The molecule has 0 spiro atoms. The fourth-order valence-corrected chi connectivity index (χ4v) is 1.76. The van der Waals surface area contributed by atoms with E-state index in [2.05, 4.69) is 44.1 Å². The number of thiocarbonyl (C=S) groups is 2.